The first kappa shape index (κ1) is 15.6. The predicted octanol–water partition coefficient (Wildman–Crippen LogP) is -0.120. The molecule has 0 spiro atoms. The minimum Gasteiger partial charge on any atom is -0.480 e. The van der Waals surface area contributed by atoms with Gasteiger partial charge in [0.1, 0.15) is 6.04 Å². The highest BCUT2D eigenvalue weighted by molar-refractivity contribution is 7.99. The minimum absolute atomic E-state index is 0.148. The molecule has 2 atom stereocenters. The first-order valence-electron chi connectivity index (χ1n) is 5.92. The van der Waals surface area contributed by atoms with Crippen molar-refractivity contribution in [2.24, 2.45) is 5.92 Å². The lowest BCUT2D eigenvalue weighted by molar-refractivity contribution is -0.141. The number of carbonyl (C=O) groups is 3. The van der Waals surface area contributed by atoms with Crippen molar-refractivity contribution < 1.29 is 19.5 Å². The fourth-order valence-corrected chi connectivity index (χ4v) is 3.01. The molecule has 0 aromatic carbocycles. The maximum atomic E-state index is 12.2. The maximum absolute atomic E-state index is 12.2. The Balaban J connectivity index is 2.61. The summed E-state index contributed by atoms with van der Waals surface area (Å²) in [6, 6.07) is -1.14. The van der Waals surface area contributed by atoms with Gasteiger partial charge in [-0.25, -0.2) is 9.59 Å². The largest absolute Gasteiger partial charge is 0.480 e. The van der Waals surface area contributed by atoms with Gasteiger partial charge in [0.05, 0.1) is 11.8 Å². The van der Waals surface area contributed by atoms with Gasteiger partial charge in [-0.05, 0) is 0 Å². The molecule has 3 amide bonds. The number of carbonyl (C=O) groups excluding carboxylic acids is 2. The van der Waals surface area contributed by atoms with Crippen LogP contribution in [0.15, 0.2) is 0 Å². The number of urea groups is 1. The Morgan fingerprint density at radius 1 is 1.53 bits per heavy atom. The SMILES string of the molecule is CNC(=O)C(C)CN(C)C(=O)N1CSC[C@H]1C(=O)O. The molecule has 1 fully saturated rings. The summed E-state index contributed by atoms with van der Waals surface area (Å²) in [5.74, 6) is -0.706. The van der Waals surface area contributed by atoms with Crippen molar-refractivity contribution in [3.63, 3.8) is 0 Å². The summed E-state index contributed by atoms with van der Waals surface area (Å²) < 4.78 is 0. The van der Waals surface area contributed by atoms with Crippen LogP contribution in [0.2, 0.25) is 0 Å². The number of aliphatic carboxylic acids is 1. The van der Waals surface area contributed by atoms with E-state index in [4.69, 9.17) is 5.11 Å². The van der Waals surface area contributed by atoms with Crippen molar-refractivity contribution in [1.29, 1.82) is 0 Å². The molecular formula is C11H19N3O4S. The van der Waals surface area contributed by atoms with Gasteiger partial charge in [0.15, 0.2) is 0 Å². The van der Waals surface area contributed by atoms with Crippen LogP contribution in [0.3, 0.4) is 0 Å². The van der Waals surface area contributed by atoms with E-state index in [1.165, 1.54) is 28.6 Å². The highest BCUT2D eigenvalue weighted by atomic mass is 32.2. The van der Waals surface area contributed by atoms with E-state index < -0.39 is 12.0 Å². The average Bonchev–Trinajstić information content (AvgIpc) is 2.85. The topological polar surface area (TPSA) is 90.0 Å². The quantitative estimate of drug-likeness (QED) is 0.753. The Bertz CT molecular complexity index is 377. The monoisotopic (exact) mass is 289 g/mol. The zero-order valence-corrected chi connectivity index (χ0v) is 12.1. The molecule has 19 heavy (non-hydrogen) atoms. The Morgan fingerprint density at radius 2 is 2.16 bits per heavy atom. The second-order valence-electron chi connectivity index (χ2n) is 4.50. The fourth-order valence-electron chi connectivity index (χ4n) is 1.87. The fraction of sp³-hybridized carbons (Fsp3) is 0.727. The van der Waals surface area contributed by atoms with Gasteiger partial charge in [-0.2, -0.15) is 0 Å². The van der Waals surface area contributed by atoms with E-state index in [0.717, 1.165) is 0 Å². The molecule has 7 nitrogen and oxygen atoms in total. The number of carboxylic acid groups (broad SMARTS) is 1. The zero-order valence-electron chi connectivity index (χ0n) is 11.3. The number of nitrogens with zero attached hydrogens (tertiary/aromatic N) is 2. The van der Waals surface area contributed by atoms with Crippen LogP contribution >= 0.6 is 11.8 Å². The van der Waals surface area contributed by atoms with Crippen molar-refractivity contribution in [2.75, 3.05) is 32.3 Å². The van der Waals surface area contributed by atoms with Gasteiger partial charge < -0.3 is 20.2 Å². The summed E-state index contributed by atoms with van der Waals surface area (Å²) >= 11 is 1.41. The van der Waals surface area contributed by atoms with Gasteiger partial charge >= 0.3 is 12.0 Å². The summed E-state index contributed by atoms with van der Waals surface area (Å²) in [5, 5.41) is 11.5. The zero-order chi connectivity index (χ0) is 14.6. The molecule has 2 N–H and O–H groups in total. The van der Waals surface area contributed by atoms with Crippen LogP contribution in [0.4, 0.5) is 4.79 Å². The van der Waals surface area contributed by atoms with E-state index in [2.05, 4.69) is 5.32 Å². The summed E-state index contributed by atoms with van der Waals surface area (Å²) in [5.41, 5.74) is 0. The molecule has 1 rings (SSSR count). The molecule has 0 radical (unpaired) electrons. The Morgan fingerprint density at radius 3 is 2.68 bits per heavy atom. The Kier molecular flexibility index (Phi) is 5.46. The molecular weight excluding hydrogens is 270 g/mol. The normalized spacial score (nSPS) is 19.9. The van der Waals surface area contributed by atoms with Crippen molar-refractivity contribution in [3.8, 4) is 0 Å². The van der Waals surface area contributed by atoms with Gasteiger partial charge in [0.2, 0.25) is 5.91 Å². The average molecular weight is 289 g/mol. The van der Waals surface area contributed by atoms with Crippen LogP contribution in [0.25, 0.3) is 0 Å². The van der Waals surface area contributed by atoms with E-state index in [1.54, 1.807) is 14.0 Å². The molecule has 0 aromatic rings. The number of hydrogen-bond acceptors (Lipinski definition) is 4. The Labute approximate surface area is 116 Å². The molecule has 0 saturated carbocycles. The van der Waals surface area contributed by atoms with Crippen LogP contribution in [0.5, 0.6) is 0 Å². The maximum Gasteiger partial charge on any atom is 0.327 e. The van der Waals surface area contributed by atoms with Crippen LogP contribution in [0, 0.1) is 5.92 Å². The molecule has 8 heteroatoms. The van der Waals surface area contributed by atoms with Crippen LogP contribution < -0.4 is 5.32 Å². The molecule has 1 aliphatic rings. The number of rotatable bonds is 4. The van der Waals surface area contributed by atoms with Gasteiger partial charge in [0, 0.05) is 26.4 Å². The molecule has 0 aliphatic carbocycles. The van der Waals surface area contributed by atoms with Crippen molar-refractivity contribution in [1.82, 2.24) is 15.1 Å². The minimum atomic E-state index is -0.994. The number of hydrogen-bond donors (Lipinski definition) is 2. The third-order valence-electron chi connectivity index (χ3n) is 2.98. The third kappa shape index (κ3) is 3.76. The van der Waals surface area contributed by atoms with Gasteiger partial charge in [0.25, 0.3) is 0 Å². The van der Waals surface area contributed by atoms with Gasteiger partial charge in [-0.3, -0.25) is 4.79 Å². The number of carboxylic acids is 1. The highest BCUT2D eigenvalue weighted by Crippen LogP contribution is 2.22. The second kappa shape index (κ2) is 6.65. The smallest absolute Gasteiger partial charge is 0.327 e. The van der Waals surface area contributed by atoms with E-state index in [0.29, 0.717) is 11.6 Å². The molecule has 0 bridgehead atoms. The molecule has 0 aromatic heterocycles. The van der Waals surface area contributed by atoms with E-state index in [9.17, 15) is 14.4 Å². The molecule has 1 unspecified atom stereocenters. The molecule has 1 heterocycles. The number of nitrogens with one attached hydrogen (secondary N) is 1. The number of amides is 3. The Hall–Kier alpha value is -1.44. The summed E-state index contributed by atoms with van der Waals surface area (Å²) in [6.07, 6.45) is 0. The van der Waals surface area contributed by atoms with Crippen LogP contribution in [-0.4, -0.2) is 71.1 Å². The highest BCUT2D eigenvalue weighted by Gasteiger charge is 2.36. The van der Waals surface area contributed by atoms with Crippen molar-refractivity contribution in [3.05, 3.63) is 0 Å². The lowest BCUT2D eigenvalue weighted by Gasteiger charge is -2.28. The van der Waals surface area contributed by atoms with Crippen molar-refractivity contribution >= 4 is 29.7 Å². The third-order valence-corrected chi connectivity index (χ3v) is 3.99. The van der Waals surface area contributed by atoms with E-state index in [-0.39, 0.29) is 24.4 Å². The second-order valence-corrected chi connectivity index (χ2v) is 5.50. The molecule has 1 saturated heterocycles. The van der Waals surface area contributed by atoms with Crippen molar-refractivity contribution in [2.45, 2.75) is 13.0 Å². The van der Waals surface area contributed by atoms with Gasteiger partial charge in [-0.15, -0.1) is 11.8 Å². The van der Waals surface area contributed by atoms with E-state index >= 15 is 0 Å². The van der Waals surface area contributed by atoms with Gasteiger partial charge in [-0.1, -0.05) is 6.92 Å². The van der Waals surface area contributed by atoms with Crippen LogP contribution in [-0.2, 0) is 9.59 Å². The summed E-state index contributed by atoms with van der Waals surface area (Å²) in [6.45, 7) is 1.97. The lowest BCUT2D eigenvalue weighted by atomic mass is 10.1. The number of thioether (sulfide) groups is 1. The predicted molar refractivity (Wildman–Crippen MR) is 71.8 cm³/mol. The lowest BCUT2D eigenvalue weighted by Crippen LogP contribution is -2.49. The first-order valence-corrected chi connectivity index (χ1v) is 7.07. The molecule has 108 valence electrons. The summed E-state index contributed by atoms with van der Waals surface area (Å²) in [7, 11) is 3.11. The standard InChI is InChI=1S/C11H19N3O4S/c1-7(9(15)12-2)4-13(3)11(18)14-6-19-5-8(14)10(16)17/h7-8H,4-6H2,1-3H3,(H,12,15)(H,16,17)/t7?,8-/m0/s1. The first-order chi connectivity index (χ1) is 8.88. The summed E-state index contributed by atoms with van der Waals surface area (Å²) in [4.78, 5) is 37.3. The molecule has 1 aliphatic heterocycles. The van der Waals surface area contributed by atoms with Crippen LogP contribution in [0.1, 0.15) is 6.92 Å². The van der Waals surface area contributed by atoms with E-state index in [1.807, 2.05) is 0 Å².